The Hall–Kier alpha value is -1.10. The summed E-state index contributed by atoms with van der Waals surface area (Å²) in [6, 6.07) is 6.25. The van der Waals surface area contributed by atoms with Crippen LogP contribution < -0.4 is 10.1 Å². The second-order valence-electron chi connectivity index (χ2n) is 4.03. The van der Waals surface area contributed by atoms with Gasteiger partial charge < -0.3 is 14.9 Å². The predicted molar refractivity (Wildman–Crippen MR) is 69.1 cm³/mol. The van der Waals surface area contributed by atoms with Crippen molar-refractivity contribution in [3.63, 3.8) is 0 Å². The number of rotatable bonds is 7. The van der Waals surface area contributed by atoms with Crippen LogP contribution in [0.2, 0.25) is 0 Å². The largest absolute Gasteiger partial charge is 0.496 e. The van der Waals surface area contributed by atoms with E-state index in [-0.39, 0.29) is 0 Å². The van der Waals surface area contributed by atoms with Gasteiger partial charge in [0.15, 0.2) is 0 Å². The zero-order chi connectivity index (χ0) is 12.7. The minimum Gasteiger partial charge on any atom is -0.496 e. The molecule has 0 fully saturated rings. The maximum Gasteiger partial charge on any atom is 0.123 e. The molecule has 0 aromatic heterocycles. The summed E-state index contributed by atoms with van der Waals surface area (Å²) in [5.74, 6) is 0.942. The molecule has 0 aliphatic heterocycles. The zero-order valence-electron chi connectivity index (χ0n) is 11.1. The molecule has 0 atom stereocenters. The highest BCUT2D eigenvalue weighted by Crippen LogP contribution is 2.19. The SMILES string of the molecule is COc1cc(C)ccc1CNCCN(C)OC. The zero-order valence-corrected chi connectivity index (χ0v) is 11.1. The van der Waals surface area contributed by atoms with Crippen molar-refractivity contribution in [3.05, 3.63) is 29.3 Å². The van der Waals surface area contributed by atoms with Crippen molar-refractivity contribution in [2.75, 3.05) is 34.4 Å². The molecule has 0 bridgehead atoms. The molecule has 0 unspecified atom stereocenters. The fourth-order valence-corrected chi connectivity index (χ4v) is 1.55. The fraction of sp³-hybridized carbons (Fsp3) is 0.538. The van der Waals surface area contributed by atoms with Gasteiger partial charge in [-0.25, -0.2) is 0 Å². The summed E-state index contributed by atoms with van der Waals surface area (Å²) in [7, 11) is 5.29. The standard InChI is InChI=1S/C13H22N2O2/c1-11-5-6-12(13(9-11)16-3)10-14-7-8-15(2)17-4/h5-6,9,14H,7-8,10H2,1-4H3. The second-order valence-corrected chi connectivity index (χ2v) is 4.03. The summed E-state index contributed by atoms with van der Waals surface area (Å²) < 4.78 is 5.35. The Morgan fingerprint density at radius 3 is 2.71 bits per heavy atom. The number of nitrogens with one attached hydrogen (secondary N) is 1. The summed E-state index contributed by atoms with van der Waals surface area (Å²) in [6.07, 6.45) is 0. The molecule has 1 rings (SSSR count). The molecule has 0 radical (unpaired) electrons. The number of nitrogens with zero attached hydrogens (tertiary/aromatic N) is 1. The molecule has 4 nitrogen and oxygen atoms in total. The molecule has 4 heteroatoms. The van der Waals surface area contributed by atoms with Crippen LogP contribution in [0.4, 0.5) is 0 Å². The Morgan fingerprint density at radius 2 is 2.06 bits per heavy atom. The number of hydroxylamine groups is 2. The molecular formula is C13H22N2O2. The number of hydrogen-bond acceptors (Lipinski definition) is 4. The molecule has 1 N–H and O–H groups in total. The Balaban J connectivity index is 2.41. The summed E-state index contributed by atoms with van der Waals surface area (Å²) in [6.45, 7) is 4.60. The molecular weight excluding hydrogens is 216 g/mol. The van der Waals surface area contributed by atoms with Gasteiger partial charge in [0, 0.05) is 32.2 Å². The Bertz CT molecular complexity index is 342. The van der Waals surface area contributed by atoms with Gasteiger partial charge >= 0.3 is 0 Å². The average Bonchev–Trinajstić information content (AvgIpc) is 2.35. The molecule has 1 aromatic carbocycles. The Kier molecular flexibility index (Phi) is 5.97. The van der Waals surface area contributed by atoms with Gasteiger partial charge in [-0.1, -0.05) is 12.1 Å². The molecule has 0 spiro atoms. The van der Waals surface area contributed by atoms with E-state index in [9.17, 15) is 0 Å². The van der Waals surface area contributed by atoms with Gasteiger partial charge in [-0.05, 0) is 18.6 Å². The van der Waals surface area contributed by atoms with Crippen molar-refractivity contribution in [1.82, 2.24) is 10.4 Å². The van der Waals surface area contributed by atoms with Gasteiger partial charge in [0.25, 0.3) is 0 Å². The number of ether oxygens (including phenoxy) is 1. The third kappa shape index (κ3) is 4.73. The number of hydrogen-bond donors (Lipinski definition) is 1. The quantitative estimate of drug-likeness (QED) is 0.578. The predicted octanol–water partition coefficient (Wildman–Crippen LogP) is 1.59. The van der Waals surface area contributed by atoms with E-state index < -0.39 is 0 Å². The Labute approximate surface area is 103 Å². The number of likely N-dealkylation sites (N-methyl/N-ethyl adjacent to an activating group) is 1. The lowest BCUT2D eigenvalue weighted by molar-refractivity contribution is -0.107. The number of methoxy groups -OCH3 is 1. The van der Waals surface area contributed by atoms with Crippen molar-refractivity contribution in [2.24, 2.45) is 0 Å². The van der Waals surface area contributed by atoms with Crippen LogP contribution in [-0.4, -0.2) is 39.4 Å². The minimum atomic E-state index is 0.807. The van der Waals surface area contributed by atoms with Crippen LogP contribution in [0.25, 0.3) is 0 Å². The highest BCUT2D eigenvalue weighted by molar-refractivity contribution is 5.36. The number of aryl methyl sites for hydroxylation is 1. The van der Waals surface area contributed by atoms with Gasteiger partial charge in [0.1, 0.15) is 5.75 Å². The van der Waals surface area contributed by atoms with Gasteiger partial charge in [-0.3, -0.25) is 0 Å². The maximum atomic E-state index is 5.35. The summed E-state index contributed by atoms with van der Waals surface area (Å²) in [5, 5.41) is 5.15. The van der Waals surface area contributed by atoms with Gasteiger partial charge in [-0.2, -0.15) is 5.06 Å². The van der Waals surface area contributed by atoms with Crippen molar-refractivity contribution in [3.8, 4) is 5.75 Å². The molecule has 0 amide bonds. The van der Waals surface area contributed by atoms with Crippen LogP contribution in [0.15, 0.2) is 18.2 Å². The van der Waals surface area contributed by atoms with E-state index in [0.29, 0.717) is 0 Å². The average molecular weight is 238 g/mol. The number of benzene rings is 1. The molecule has 0 aliphatic rings. The third-order valence-electron chi connectivity index (χ3n) is 2.67. The van der Waals surface area contributed by atoms with Crippen molar-refractivity contribution < 1.29 is 9.57 Å². The second kappa shape index (κ2) is 7.27. The van der Waals surface area contributed by atoms with Crippen molar-refractivity contribution in [1.29, 1.82) is 0 Å². The third-order valence-corrected chi connectivity index (χ3v) is 2.67. The molecule has 0 saturated carbocycles. The van der Waals surface area contributed by atoms with E-state index >= 15 is 0 Å². The summed E-state index contributed by atoms with van der Waals surface area (Å²) in [5.41, 5.74) is 2.39. The van der Waals surface area contributed by atoms with Crippen molar-refractivity contribution in [2.45, 2.75) is 13.5 Å². The highest BCUT2D eigenvalue weighted by atomic mass is 16.7. The topological polar surface area (TPSA) is 33.7 Å². The fourth-order valence-electron chi connectivity index (χ4n) is 1.55. The van der Waals surface area contributed by atoms with Gasteiger partial charge in [0.05, 0.1) is 14.2 Å². The van der Waals surface area contributed by atoms with E-state index in [2.05, 4.69) is 30.4 Å². The van der Waals surface area contributed by atoms with Crippen molar-refractivity contribution >= 4 is 0 Å². The smallest absolute Gasteiger partial charge is 0.123 e. The molecule has 0 heterocycles. The minimum absolute atomic E-state index is 0.807. The monoisotopic (exact) mass is 238 g/mol. The maximum absolute atomic E-state index is 5.35. The normalized spacial score (nSPS) is 10.9. The molecule has 96 valence electrons. The summed E-state index contributed by atoms with van der Waals surface area (Å²) in [4.78, 5) is 5.03. The first-order valence-electron chi connectivity index (χ1n) is 5.77. The lowest BCUT2D eigenvalue weighted by atomic mass is 10.1. The van der Waals surface area contributed by atoms with Gasteiger partial charge in [-0.15, -0.1) is 0 Å². The van der Waals surface area contributed by atoms with E-state index in [1.165, 1.54) is 11.1 Å². The van der Waals surface area contributed by atoms with Crippen LogP contribution in [0.5, 0.6) is 5.75 Å². The molecule has 0 saturated heterocycles. The first kappa shape index (κ1) is 14.0. The molecule has 1 aromatic rings. The van der Waals surface area contributed by atoms with Crippen LogP contribution >= 0.6 is 0 Å². The van der Waals surface area contributed by atoms with Crippen LogP contribution in [0.3, 0.4) is 0 Å². The van der Waals surface area contributed by atoms with E-state index in [1.807, 2.05) is 7.05 Å². The first-order valence-corrected chi connectivity index (χ1v) is 5.77. The van der Waals surface area contributed by atoms with Crippen LogP contribution in [-0.2, 0) is 11.4 Å². The summed E-state index contributed by atoms with van der Waals surface area (Å²) >= 11 is 0. The van der Waals surface area contributed by atoms with E-state index in [1.54, 1.807) is 19.3 Å². The Morgan fingerprint density at radius 1 is 1.29 bits per heavy atom. The lowest BCUT2D eigenvalue weighted by Crippen LogP contribution is -2.28. The van der Waals surface area contributed by atoms with Crippen LogP contribution in [0, 0.1) is 6.92 Å². The molecule has 17 heavy (non-hydrogen) atoms. The highest BCUT2D eigenvalue weighted by Gasteiger charge is 2.02. The van der Waals surface area contributed by atoms with E-state index in [4.69, 9.17) is 9.57 Å². The first-order chi connectivity index (χ1) is 8.17. The molecule has 0 aliphatic carbocycles. The van der Waals surface area contributed by atoms with Gasteiger partial charge in [0.2, 0.25) is 0 Å². The lowest BCUT2D eigenvalue weighted by Gasteiger charge is -2.14. The van der Waals surface area contributed by atoms with E-state index in [0.717, 1.165) is 25.4 Å². The van der Waals surface area contributed by atoms with Crippen LogP contribution in [0.1, 0.15) is 11.1 Å².